The summed E-state index contributed by atoms with van der Waals surface area (Å²) in [6.07, 6.45) is 4.38. The second-order valence-corrected chi connectivity index (χ2v) is 4.16. The van der Waals surface area contributed by atoms with Gasteiger partial charge in [-0.25, -0.2) is 0 Å². The molecule has 2 rings (SSSR count). The zero-order chi connectivity index (χ0) is 9.31. The minimum absolute atomic E-state index is 0.410. The molecule has 1 aliphatic carbocycles. The van der Waals surface area contributed by atoms with Gasteiger partial charge in [0.2, 0.25) is 0 Å². The third-order valence-electron chi connectivity index (χ3n) is 2.97. The second-order valence-electron chi connectivity index (χ2n) is 4.16. The van der Waals surface area contributed by atoms with Gasteiger partial charge in [-0.05, 0) is 36.9 Å². The summed E-state index contributed by atoms with van der Waals surface area (Å²) in [7, 11) is 0. The zero-order valence-corrected chi connectivity index (χ0v) is 8.34. The molecule has 0 saturated heterocycles. The van der Waals surface area contributed by atoms with Crippen LogP contribution in [-0.4, -0.2) is 6.54 Å². The molecule has 1 unspecified atom stereocenters. The minimum atomic E-state index is 0.410. The van der Waals surface area contributed by atoms with E-state index in [0.29, 0.717) is 11.5 Å². The van der Waals surface area contributed by atoms with Gasteiger partial charge in [0, 0.05) is 0 Å². The van der Waals surface area contributed by atoms with Crippen LogP contribution >= 0.6 is 0 Å². The van der Waals surface area contributed by atoms with Gasteiger partial charge in [0.1, 0.15) is 5.76 Å². The summed E-state index contributed by atoms with van der Waals surface area (Å²) in [5.74, 6) is 1.09. The van der Waals surface area contributed by atoms with Crippen molar-refractivity contribution in [2.45, 2.75) is 32.7 Å². The van der Waals surface area contributed by atoms with Crippen LogP contribution in [0.3, 0.4) is 0 Å². The van der Waals surface area contributed by atoms with Crippen molar-refractivity contribution < 1.29 is 4.42 Å². The molecule has 1 fully saturated rings. The zero-order valence-electron chi connectivity index (χ0n) is 8.34. The van der Waals surface area contributed by atoms with Crippen molar-refractivity contribution in [3.05, 3.63) is 24.2 Å². The molecule has 72 valence electrons. The van der Waals surface area contributed by atoms with Gasteiger partial charge in [0.25, 0.3) is 0 Å². The Morgan fingerprint density at radius 2 is 2.38 bits per heavy atom. The monoisotopic (exact) mass is 179 g/mol. The Labute approximate surface area is 79.3 Å². The lowest BCUT2D eigenvalue weighted by Crippen LogP contribution is -2.27. The van der Waals surface area contributed by atoms with E-state index in [1.807, 2.05) is 6.07 Å². The van der Waals surface area contributed by atoms with Gasteiger partial charge in [0.15, 0.2) is 0 Å². The van der Waals surface area contributed by atoms with Crippen molar-refractivity contribution in [3.63, 3.8) is 0 Å². The van der Waals surface area contributed by atoms with Crippen LogP contribution in [-0.2, 0) is 0 Å². The largest absolute Gasteiger partial charge is 0.468 e. The maximum atomic E-state index is 5.45. The average molecular weight is 179 g/mol. The molecule has 1 saturated carbocycles. The number of nitrogens with one attached hydrogen (secondary N) is 1. The molecule has 1 aromatic heterocycles. The summed E-state index contributed by atoms with van der Waals surface area (Å²) in [5.41, 5.74) is 0.438. The van der Waals surface area contributed by atoms with Crippen molar-refractivity contribution in [2.75, 3.05) is 6.54 Å². The Hall–Kier alpha value is -0.760. The van der Waals surface area contributed by atoms with Crippen molar-refractivity contribution in [1.82, 2.24) is 5.32 Å². The molecule has 0 spiro atoms. The Morgan fingerprint density at radius 1 is 1.62 bits per heavy atom. The highest BCUT2D eigenvalue weighted by molar-refractivity contribution is 5.13. The van der Waals surface area contributed by atoms with Gasteiger partial charge in [-0.15, -0.1) is 0 Å². The molecule has 1 aliphatic rings. The standard InChI is InChI=1S/C11H17NO/c1-3-12-10(11(2)6-7-11)9-5-4-8-13-9/h4-5,8,10,12H,3,6-7H2,1-2H3. The predicted molar refractivity (Wildman–Crippen MR) is 52.5 cm³/mol. The quantitative estimate of drug-likeness (QED) is 0.768. The molecular formula is C11H17NO. The Morgan fingerprint density at radius 3 is 2.85 bits per heavy atom. The van der Waals surface area contributed by atoms with E-state index >= 15 is 0 Å². The molecule has 0 aromatic carbocycles. The fraction of sp³-hybridized carbons (Fsp3) is 0.636. The topological polar surface area (TPSA) is 25.2 Å². The lowest BCUT2D eigenvalue weighted by atomic mass is 9.96. The first-order valence-corrected chi connectivity index (χ1v) is 5.03. The fourth-order valence-corrected chi connectivity index (χ4v) is 1.84. The summed E-state index contributed by atoms with van der Waals surface area (Å²) in [6.45, 7) is 5.46. The second kappa shape index (κ2) is 3.18. The van der Waals surface area contributed by atoms with Crippen LogP contribution in [0.2, 0.25) is 0 Å². The molecule has 2 nitrogen and oxygen atoms in total. The third kappa shape index (κ3) is 1.63. The number of hydrogen-bond donors (Lipinski definition) is 1. The highest BCUT2D eigenvalue weighted by atomic mass is 16.3. The van der Waals surface area contributed by atoms with E-state index in [9.17, 15) is 0 Å². The smallest absolute Gasteiger partial charge is 0.121 e. The van der Waals surface area contributed by atoms with Gasteiger partial charge in [0.05, 0.1) is 12.3 Å². The molecule has 2 heteroatoms. The van der Waals surface area contributed by atoms with E-state index in [0.717, 1.165) is 12.3 Å². The van der Waals surface area contributed by atoms with Gasteiger partial charge in [-0.2, -0.15) is 0 Å². The maximum Gasteiger partial charge on any atom is 0.121 e. The maximum absolute atomic E-state index is 5.45. The van der Waals surface area contributed by atoms with Crippen LogP contribution in [0, 0.1) is 5.41 Å². The number of rotatable bonds is 4. The van der Waals surface area contributed by atoms with Gasteiger partial charge >= 0.3 is 0 Å². The Kier molecular flexibility index (Phi) is 2.16. The molecule has 0 radical (unpaired) electrons. The minimum Gasteiger partial charge on any atom is -0.468 e. The molecule has 13 heavy (non-hydrogen) atoms. The highest BCUT2D eigenvalue weighted by Crippen LogP contribution is 2.54. The molecule has 0 bridgehead atoms. The molecular weight excluding hydrogens is 162 g/mol. The SMILES string of the molecule is CCNC(c1ccco1)C1(C)CC1. The fourth-order valence-electron chi connectivity index (χ4n) is 1.84. The van der Waals surface area contributed by atoms with Crippen molar-refractivity contribution in [1.29, 1.82) is 0 Å². The molecule has 0 aliphatic heterocycles. The van der Waals surface area contributed by atoms with E-state index in [1.54, 1.807) is 6.26 Å². The molecule has 1 heterocycles. The van der Waals surface area contributed by atoms with E-state index in [4.69, 9.17) is 4.42 Å². The van der Waals surface area contributed by atoms with E-state index in [1.165, 1.54) is 12.8 Å². The predicted octanol–water partition coefficient (Wildman–Crippen LogP) is 2.73. The lowest BCUT2D eigenvalue weighted by molar-refractivity contribution is 0.313. The van der Waals surface area contributed by atoms with Crippen molar-refractivity contribution >= 4 is 0 Å². The van der Waals surface area contributed by atoms with E-state index < -0.39 is 0 Å². The molecule has 0 amide bonds. The van der Waals surface area contributed by atoms with Crippen molar-refractivity contribution in [2.24, 2.45) is 5.41 Å². The van der Waals surface area contributed by atoms with E-state index in [2.05, 4.69) is 25.2 Å². The van der Waals surface area contributed by atoms with Crippen LogP contribution in [0.25, 0.3) is 0 Å². The summed E-state index contributed by atoms with van der Waals surface area (Å²) in [5, 5.41) is 3.49. The first-order valence-electron chi connectivity index (χ1n) is 5.03. The normalized spacial score (nSPS) is 21.4. The van der Waals surface area contributed by atoms with Crippen LogP contribution in [0.1, 0.15) is 38.5 Å². The van der Waals surface area contributed by atoms with Crippen molar-refractivity contribution in [3.8, 4) is 0 Å². The first kappa shape index (κ1) is 8.82. The lowest BCUT2D eigenvalue weighted by Gasteiger charge is -2.21. The summed E-state index contributed by atoms with van der Waals surface area (Å²) in [4.78, 5) is 0. The van der Waals surface area contributed by atoms with Gasteiger partial charge in [-0.3, -0.25) is 0 Å². The first-order chi connectivity index (χ1) is 6.26. The molecule has 1 atom stereocenters. The summed E-state index contributed by atoms with van der Waals surface area (Å²) < 4.78 is 5.45. The van der Waals surface area contributed by atoms with E-state index in [-0.39, 0.29) is 0 Å². The Balaban J connectivity index is 2.14. The summed E-state index contributed by atoms with van der Waals surface area (Å²) >= 11 is 0. The average Bonchev–Trinajstić information content (AvgIpc) is 2.70. The van der Waals surface area contributed by atoms with Crippen LogP contribution in [0.5, 0.6) is 0 Å². The number of hydrogen-bond acceptors (Lipinski definition) is 2. The third-order valence-corrected chi connectivity index (χ3v) is 2.97. The highest BCUT2D eigenvalue weighted by Gasteiger charge is 2.46. The van der Waals surface area contributed by atoms with Crippen LogP contribution in [0.4, 0.5) is 0 Å². The summed E-state index contributed by atoms with van der Waals surface area (Å²) in [6, 6.07) is 4.44. The Bertz CT molecular complexity index is 262. The van der Waals surface area contributed by atoms with Gasteiger partial charge < -0.3 is 9.73 Å². The molecule has 1 aromatic rings. The molecule has 1 N–H and O–H groups in total. The van der Waals surface area contributed by atoms with Gasteiger partial charge in [-0.1, -0.05) is 13.8 Å². The number of furan rings is 1. The van der Waals surface area contributed by atoms with Crippen LogP contribution < -0.4 is 5.32 Å². The van der Waals surface area contributed by atoms with Crippen LogP contribution in [0.15, 0.2) is 22.8 Å².